The molecule has 1 N–H and O–H groups in total. The maximum absolute atomic E-state index is 13.2. The van der Waals surface area contributed by atoms with E-state index in [4.69, 9.17) is 23.2 Å². The molecule has 2 aromatic carbocycles. The molecular weight excluding hydrogens is 411 g/mol. The van der Waals surface area contributed by atoms with Crippen LogP contribution in [0.5, 0.6) is 0 Å². The van der Waals surface area contributed by atoms with Crippen LogP contribution in [0.1, 0.15) is 23.1 Å². The van der Waals surface area contributed by atoms with Gasteiger partial charge in [0.15, 0.2) is 0 Å². The maximum atomic E-state index is 13.2. The van der Waals surface area contributed by atoms with Crippen molar-refractivity contribution in [1.82, 2.24) is 19.9 Å². The predicted octanol–water partition coefficient (Wildman–Crippen LogP) is 4.44. The number of carbonyl (C=O) groups excluding carboxylic acids is 1. The number of para-hydroxylation sites is 1. The molecule has 0 bridgehead atoms. The minimum atomic E-state index is -0.275. The van der Waals surface area contributed by atoms with Crippen molar-refractivity contribution >= 4 is 50.9 Å². The quantitative estimate of drug-likeness (QED) is 0.489. The molecule has 0 unspecified atom stereocenters. The van der Waals surface area contributed by atoms with Crippen LogP contribution >= 0.6 is 23.2 Å². The Bertz CT molecular complexity index is 1300. The third-order valence-electron chi connectivity index (χ3n) is 4.64. The molecule has 1 amide bonds. The molecule has 146 valence electrons. The van der Waals surface area contributed by atoms with E-state index in [9.17, 15) is 9.59 Å². The number of hydrogen-bond acceptors (Lipinski definition) is 4. The first-order valence-electron chi connectivity index (χ1n) is 8.99. The van der Waals surface area contributed by atoms with E-state index in [1.54, 1.807) is 35.2 Å². The van der Waals surface area contributed by atoms with Crippen molar-refractivity contribution in [2.45, 2.75) is 13.5 Å². The van der Waals surface area contributed by atoms with Gasteiger partial charge in [-0.05, 0) is 37.3 Å². The van der Waals surface area contributed by atoms with Gasteiger partial charge in [-0.3, -0.25) is 9.59 Å². The third kappa shape index (κ3) is 3.81. The Morgan fingerprint density at radius 3 is 2.62 bits per heavy atom. The van der Waals surface area contributed by atoms with Crippen LogP contribution in [0.3, 0.4) is 0 Å². The molecule has 0 aliphatic heterocycles. The second kappa shape index (κ2) is 7.81. The largest absolute Gasteiger partial charge is 0.331 e. The number of nitrogens with zero attached hydrogens (tertiary/aromatic N) is 3. The number of aromatic amines is 1. The second-order valence-corrected chi connectivity index (χ2v) is 7.33. The summed E-state index contributed by atoms with van der Waals surface area (Å²) >= 11 is 12.1. The molecule has 4 aromatic rings. The Morgan fingerprint density at radius 1 is 1.03 bits per heavy atom. The van der Waals surface area contributed by atoms with Crippen molar-refractivity contribution in [2.24, 2.45) is 0 Å². The fraction of sp³-hybridized carbons (Fsp3) is 0.143. The molecule has 2 aromatic heterocycles. The Balaban J connectivity index is 1.73. The molecule has 8 heteroatoms. The minimum absolute atomic E-state index is 0.140. The van der Waals surface area contributed by atoms with Gasteiger partial charge in [0.2, 0.25) is 0 Å². The number of fused-ring (bicyclic) bond motifs is 2. The highest BCUT2D eigenvalue weighted by atomic mass is 35.5. The van der Waals surface area contributed by atoms with E-state index >= 15 is 0 Å². The number of aromatic nitrogens is 3. The Labute approximate surface area is 176 Å². The first kappa shape index (κ1) is 19.4. The van der Waals surface area contributed by atoms with Gasteiger partial charge in [-0.2, -0.15) is 0 Å². The van der Waals surface area contributed by atoms with Crippen molar-refractivity contribution in [3.63, 3.8) is 0 Å². The monoisotopic (exact) mass is 426 g/mol. The van der Waals surface area contributed by atoms with Crippen molar-refractivity contribution in [1.29, 1.82) is 0 Å². The predicted molar refractivity (Wildman–Crippen MR) is 115 cm³/mol. The molecule has 0 spiro atoms. The van der Waals surface area contributed by atoms with Gasteiger partial charge in [0.25, 0.3) is 11.5 Å². The summed E-state index contributed by atoms with van der Waals surface area (Å²) in [4.78, 5) is 38.7. The molecule has 0 atom stereocenters. The standard InChI is InChI=1S/C21H16Cl2N4O2/c1-2-27(11-19-25-17-9-12(22)7-8-14(17)20(28)26-19)21(29)15-10-18(23)24-16-6-4-3-5-13(15)16/h3-10H,2,11H2,1H3,(H,25,26,28). The number of pyridine rings is 1. The highest BCUT2D eigenvalue weighted by Gasteiger charge is 2.20. The number of amides is 1. The summed E-state index contributed by atoms with van der Waals surface area (Å²) in [6.07, 6.45) is 0. The highest BCUT2D eigenvalue weighted by molar-refractivity contribution is 6.31. The molecule has 0 aliphatic rings. The summed E-state index contributed by atoms with van der Waals surface area (Å²) in [6.45, 7) is 2.42. The number of carbonyl (C=O) groups is 1. The van der Waals surface area contributed by atoms with E-state index in [2.05, 4.69) is 15.0 Å². The fourth-order valence-electron chi connectivity index (χ4n) is 3.23. The Morgan fingerprint density at radius 2 is 1.83 bits per heavy atom. The van der Waals surface area contributed by atoms with Crippen molar-refractivity contribution < 1.29 is 4.79 Å². The molecule has 2 heterocycles. The van der Waals surface area contributed by atoms with Gasteiger partial charge in [0.05, 0.1) is 28.5 Å². The average molecular weight is 427 g/mol. The number of hydrogen-bond donors (Lipinski definition) is 1. The zero-order valence-electron chi connectivity index (χ0n) is 15.4. The Hall–Kier alpha value is -2.96. The zero-order chi connectivity index (χ0) is 20.5. The van der Waals surface area contributed by atoms with Gasteiger partial charge < -0.3 is 9.88 Å². The SMILES string of the molecule is CCN(Cc1nc2cc(Cl)ccc2c(=O)[nH]1)C(=O)c1cc(Cl)nc2ccccc12. The molecule has 0 saturated carbocycles. The lowest BCUT2D eigenvalue weighted by Crippen LogP contribution is -2.32. The summed E-state index contributed by atoms with van der Waals surface area (Å²) in [6, 6.07) is 13.8. The average Bonchev–Trinajstić information content (AvgIpc) is 2.70. The normalized spacial score (nSPS) is 11.1. The number of rotatable bonds is 4. The molecule has 0 aliphatic carbocycles. The van der Waals surface area contributed by atoms with Crippen LogP contribution in [-0.2, 0) is 6.54 Å². The zero-order valence-corrected chi connectivity index (χ0v) is 17.0. The third-order valence-corrected chi connectivity index (χ3v) is 5.07. The van der Waals surface area contributed by atoms with Crippen LogP contribution in [-0.4, -0.2) is 32.3 Å². The van der Waals surface area contributed by atoms with Crippen LogP contribution in [0.2, 0.25) is 10.2 Å². The minimum Gasteiger partial charge on any atom is -0.331 e. The molecule has 0 radical (unpaired) electrons. The smallest absolute Gasteiger partial charge is 0.258 e. The molecule has 0 saturated heterocycles. The van der Waals surface area contributed by atoms with E-state index in [0.29, 0.717) is 44.8 Å². The van der Waals surface area contributed by atoms with Crippen molar-refractivity contribution in [3.05, 3.63) is 80.4 Å². The Kier molecular flexibility index (Phi) is 5.22. The first-order valence-corrected chi connectivity index (χ1v) is 9.75. The topological polar surface area (TPSA) is 79.0 Å². The first-order chi connectivity index (χ1) is 14.0. The fourth-order valence-corrected chi connectivity index (χ4v) is 3.60. The van der Waals surface area contributed by atoms with E-state index in [1.165, 1.54) is 0 Å². The van der Waals surface area contributed by atoms with E-state index in [0.717, 1.165) is 0 Å². The lowest BCUT2D eigenvalue weighted by atomic mass is 10.1. The van der Waals surface area contributed by atoms with E-state index < -0.39 is 0 Å². The lowest BCUT2D eigenvalue weighted by Gasteiger charge is -2.21. The van der Waals surface area contributed by atoms with Gasteiger partial charge >= 0.3 is 0 Å². The summed E-state index contributed by atoms with van der Waals surface area (Å²) in [5.41, 5.74) is 1.31. The van der Waals surface area contributed by atoms with Gasteiger partial charge in [0, 0.05) is 17.0 Å². The van der Waals surface area contributed by atoms with E-state index in [-0.39, 0.29) is 23.2 Å². The van der Waals surface area contributed by atoms with Gasteiger partial charge in [0.1, 0.15) is 11.0 Å². The maximum Gasteiger partial charge on any atom is 0.258 e. The van der Waals surface area contributed by atoms with Gasteiger partial charge in [-0.1, -0.05) is 41.4 Å². The summed E-state index contributed by atoms with van der Waals surface area (Å²) in [7, 11) is 0. The van der Waals surface area contributed by atoms with Crippen LogP contribution in [0.25, 0.3) is 21.8 Å². The van der Waals surface area contributed by atoms with Crippen LogP contribution in [0.4, 0.5) is 0 Å². The summed E-state index contributed by atoms with van der Waals surface area (Å²) in [5.74, 6) is 0.159. The second-order valence-electron chi connectivity index (χ2n) is 6.50. The number of H-pyrrole nitrogens is 1. The number of benzene rings is 2. The van der Waals surface area contributed by atoms with Gasteiger partial charge in [-0.25, -0.2) is 9.97 Å². The van der Waals surface area contributed by atoms with Crippen LogP contribution in [0, 0.1) is 0 Å². The number of halogens is 2. The molecule has 4 rings (SSSR count). The van der Waals surface area contributed by atoms with E-state index in [1.807, 2.05) is 25.1 Å². The van der Waals surface area contributed by atoms with Gasteiger partial charge in [-0.15, -0.1) is 0 Å². The molecule has 6 nitrogen and oxygen atoms in total. The van der Waals surface area contributed by atoms with Crippen molar-refractivity contribution in [2.75, 3.05) is 6.54 Å². The van der Waals surface area contributed by atoms with Crippen LogP contribution < -0.4 is 5.56 Å². The van der Waals surface area contributed by atoms with Crippen LogP contribution in [0.15, 0.2) is 53.3 Å². The molecular formula is C21H16Cl2N4O2. The number of nitrogens with one attached hydrogen (secondary N) is 1. The molecule has 29 heavy (non-hydrogen) atoms. The highest BCUT2D eigenvalue weighted by Crippen LogP contribution is 2.23. The van der Waals surface area contributed by atoms with Crippen molar-refractivity contribution in [3.8, 4) is 0 Å². The summed E-state index contributed by atoms with van der Waals surface area (Å²) in [5, 5.41) is 1.89. The lowest BCUT2D eigenvalue weighted by molar-refractivity contribution is 0.0750. The summed E-state index contributed by atoms with van der Waals surface area (Å²) < 4.78 is 0. The molecule has 0 fully saturated rings.